The van der Waals surface area contributed by atoms with Crippen molar-refractivity contribution in [2.24, 2.45) is 39.4 Å². The van der Waals surface area contributed by atoms with Crippen LogP contribution in [0.25, 0.3) is 0 Å². The summed E-state index contributed by atoms with van der Waals surface area (Å²) >= 11 is 0. The first-order chi connectivity index (χ1) is 18.6. The van der Waals surface area contributed by atoms with Gasteiger partial charge in [-0.1, -0.05) is 62.3 Å². The third-order valence-corrected chi connectivity index (χ3v) is 11.0. The number of rotatable bonds is 11. The van der Waals surface area contributed by atoms with Gasteiger partial charge in [0.05, 0.1) is 50.2 Å². The van der Waals surface area contributed by atoms with Gasteiger partial charge in [-0.2, -0.15) is 0 Å². The van der Waals surface area contributed by atoms with Gasteiger partial charge < -0.3 is 18.9 Å². The zero-order chi connectivity index (χ0) is 29.6. The molecule has 3 fully saturated rings. The Morgan fingerprint density at radius 2 is 0.650 bits per heavy atom. The Morgan fingerprint density at radius 1 is 0.400 bits per heavy atom. The first-order valence-corrected chi connectivity index (χ1v) is 16.9. The second-order valence-corrected chi connectivity index (χ2v) is 17.4. The molecule has 0 atom stereocenters. The van der Waals surface area contributed by atoms with E-state index in [9.17, 15) is 0 Å². The van der Waals surface area contributed by atoms with E-state index in [1.165, 1.54) is 77.0 Å². The summed E-state index contributed by atoms with van der Waals surface area (Å²) in [6.45, 7) is 24.1. The van der Waals surface area contributed by atoms with Crippen LogP contribution in [0.3, 0.4) is 0 Å². The quantitative estimate of drug-likeness (QED) is 0.250. The summed E-state index contributed by atoms with van der Waals surface area (Å²) in [4.78, 5) is 0. The molecular weight excluding hydrogens is 496 g/mol. The van der Waals surface area contributed by atoms with Crippen LogP contribution in [0.4, 0.5) is 0 Å². The molecule has 4 nitrogen and oxygen atoms in total. The van der Waals surface area contributed by atoms with Gasteiger partial charge in [0.25, 0.3) is 0 Å². The Hall–Kier alpha value is -0.160. The average molecular weight is 565 g/mol. The van der Waals surface area contributed by atoms with Crippen molar-refractivity contribution in [1.82, 2.24) is 0 Å². The maximum absolute atomic E-state index is 6.73. The predicted octanol–water partition coefficient (Wildman–Crippen LogP) is 9.48. The Bertz CT molecular complexity index is 609. The maximum Gasteiger partial charge on any atom is 0.0638 e. The second-order valence-electron chi connectivity index (χ2n) is 17.4. The van der Waals surface area contributed by atoms with Gasteiger partial charge in [-0.15, -0.1) is 0 Å². The van der Waals surface area contributed by atoms with Crippen molar-refractivity contribution in [3.8, 4) is 0 Å². The smallest absolute Gasteiger partial charge is 0.0638 e. The molecule has 0 heterocycles. The summed E-state index contributed by atoms with van der Waals surface area (Å²) < 4.78 is 26.0. The van der Waals surface area contributed by atoms with Crippen LogP contribution >= 0.6 is 0 Å². The SMILES string of the molecule is COCC(COC1CCC(C(C)(C)C)CC1)(COC1CCC(C(C)(C)C)CC1)COC1CCC(C(C)(C)C)CC1. The minimum Gasteiger partial charge on any atom is -0.384 e. The minimum atomic E-state index is -0.253. The van der Waals surface area contributed by atoms with E-state index >= 15 is 0 Å². The summed E-state index contributed by atoms with van der Waals surface area (Å²) in [5.41, 5.74) is 0.927. The Kier molecular flexibility index (Phi) is 12.5. The Balaban J connectivity index is 1.60. The summed E-state index contributed by atoms with van der Waals surface area (Å²) in [7, 11) is 1.83. The number of hydrogen-bond acceptors (Lipinski definition) is 4. The summed E-state index contributed by atoms with van der Waals surface area (Å²) in [5, 5.41) is 0. The fraction of sp³-hybridized carbons (Fsp3) is 1.00. The van der Waals surface area contributed by atoms with Gasteiger partial charge in [0.1, 0.15) is 0 Å². The second kappa shape index (κ2) is 14.5. The highest BCUT2D eigenvalue weighted by atomic mass is 16.5. The van der Waals surface area contributed by atoms with Crippen LogP contribution in [0.1, 0.15) is 139 Å². The highest BCUT2D eigenvalue weighted by molar-refractivity contribution is 4.87. The number of ether oxygens (including phenoxy) is 4. The van der Waals surface area contributed by atoms with Gasteiger partial charge in [0, 0.05) is 7.11 Å². The third kappa shape index (κ3) is 10.5. The van der Waals surface area contributed by atoms with Gasteiger partial charge in [-0.05, 0) is 111 Å². The van der Waals surface area contributed by atoms with Crippen molar-refractivity contribution in [3.05, 3.63) is 0 Å². The molecule has 0 aliphatic heterocycles. The molecule has 3 rings (SSSR count). The molecule has 0 aromatic carbocycles. The van der Waals surface area contributed by atoms with Crippen LogP contribution in [0, 0.1) is 39.4 Å². The highest BCUT2D eigenvalue weighted by Gasteiger charge is 2.39. The van der Waals surface area contributed by atoms with Crippen molar-refractivity contribution < 1.29 is 18.9 Å². The van der Waals surface area contributed by atoms with E-state index in [1.807, 2.05) is 7.11 Å². The molecule has 3 aliphatic rings. The molecule has 40 heavy (non-hydrogen) atoms. The molecule has 0 aromatic heterocycles. The predicted molar refractivity (Wildman–Crippen MR) is 168 cm³/mol. The van der Waals surface area contributed by atoms with Crippen molar-refractivity contribution in [2.75, 3.05) is 33.5 Å². The first kappa shape index (κ1) is 34.3. The largest absolute Gasteiger partial charge is 0.384 e. The van der Waals surface area contributed by atoms with Crippen LogP contribution in [-0.2, 0) is 18.9 Å². The van der Waals surface area contributed by atoms with E-state index in [1.54, 1.807) is 0 Å². The van der Waals surface area contributed by atoms with E-state index in [0.29, 0.717) is 61.0 Å². The van der Waals surface area contributed by atoms with Crippen LogP contribution in [0.15, 0.2) is 0 Å². The van der Waals surface area contributed by atoms with Crippen molar-refractivity contribution >= 4 is 0 Å². The highest BCUT2D eigenvalue weighted by Crippen LogP contribution is 2.42. The van der Waals surface area contributed by atoms with Crippen molar-refractivity contribution in [2.45, 2.75) is 158 Å². The van der Waals surface area contributed by atoms with Crippen molar-refractivity contribution in [1.29, 1.82) is 0 Å². The van der Waals surface area contributed by atoms with Crippen LogP contribution in [0.2, 0.25) is 0 Å². The molecule has 3 aliphatic carbocycles. The normalized spacial score (nSPS) is 32.5. The van der Waals surface area contributed by atoms with Gasteiger partial charge in [0.2, 0.25) is 0 Å². The summed E-state index contributed by atoms with van der Waals surface area (Å²) in [6, 6.07) is 0. The van der Waals surface area contributed by atoms with Gasteiger partial charge in [0.15, 0.2) is 0 Å². The Morgan fingerprint density at radius 3 is 0.850 bits per heavy atom. The minimum absolute atomic E-state index is 0.253. The topological polar surface area (TPSA) is 36.9 Å². The average Bonchev–Trinajstić information content (AvgIpc) is 2.89. The Labute approximate surface area is 249 Å². The van der Waals surface area contributed by atoms with E-state index in [-0.39, 0.29) is 5.41 Å². The lowest BCUT2D eigenvalue weighted by molar-refractivity contribution is -0.148. The lowest BCUT2D eigenvalue weighted by atomic mass is 9.71. The molecule has 0 unspecified atom stereocenters. The fourth-order valence-electron chi connectivity index (χ4n) is 7.73. The van der Waals surface area contributed by atoms with E-state index in [4.69, 9.17) is 18.9 Å². The zero-order valence-corrected chi connectivity index (χ0v) is 28.4. The summed E-state index contributed by atoms with van der Waals surface area (Å²) in [6.07, 6.45) is 15.7. The van der Waals surface area contributed by atoms with Crippen LogP contribution in [-0.4, -0.2) is 51.8 Å². The molecular formula is C36H68O4. The zero-order valence-electron chi connectivity index (χ0n) is 28.4. The van der Waals surface area contributed by atoms with Crippen molar-refractivity contribution in [3.63, 3.8) is 0 Å². The monoisotopic (exact) mass is 565 g/mol. The lowest BCUT2D eigenvalue weighted by Crippen LogP contribution is -2.45. The first-order valence-electron chi connectivity index (χ1n) is 16.9. The summed E-state index contributed by atoms with van der Waals surface area (Å²) in [5.74, 6) is 2.40. The van der Waals surface area contributed by atoms with E-state index in [2.05, 4.69) is 62.3 Å². The molecule has 0 bridgehead atoms. The molecule has 0 radical (unpaired) electrons. The van der Waals surface area contributed by atoms with E-state index < -0.39 is 0 Å². The molecule has 0 saturated heterocycles. The van der Waals surface area contributed by atoms with E-state index in [0.717, 1.165) is 17.8 Å². The number of methoxy groups -OCH3 is 1. The number of hydrogen-bond donors (Lipinski definition) is 0. The third-order valence-electron chi connectivity index (χ3n) is 11.0. The van der Waals surface area contributed by atoms with Gasteiger partial charge in [-0.25, -0.2) is 0 Å². The molecule has 3 saturated carbocycles. The molecule has 0 spiro atoms. The van der Waals surface area contributed by atoms with Gasteiger partial charge in [-0.3, -0.25) is 0 Å². The fourth-order valence-corrected chi connectivity index (χ4v) is 7.73. The van der Waals surface area contributed by atoms with Crippen LogP contribution in [0.5, 0.6) is 0 Å². The molecule has 236 valence electrons. The molecule has 0 amide bonds. The maximum atomic E-state index is 6.73. The van der Waals surface area contributed by atoms with Crippen LogP contribution < -0.4 is 0 Å². The molecule has 0 aromatic rings. The molecule has 0 N–H and O–H groups in total. The standard InChI is InChI=1S/C36H68O4/c1-33(2,3)27-11-17-30(18-12-27)38-24-36(23-37-10,25-39-31-19-13-28(14-20-31)34(4,5)6)26-40-32-21-15-29(16-22-32)35(7,8)9/h27-32H,11-26H2,1-10H3. The lowest BCUT2D eigenvalue weighted by Gasteiger charge is -2.41. The molecule has 4 heteroatoms. The van der Waals surface area contributed by atoms with Gasteiger partial charge >= 0.3 is 0 Å².